The van der Waals surface area contributed by atoms with Crippen LogP contribution in [0.2, 0.25) is 0 Å². The third-order valence-corrected chi connectivity index (χ3v) is 5.49. The topological polar surface area (TPSA) is 58.2 Å². The van der Waals surface area contributed by atoms with E-state index in [9.17, 15) is 9.59 Å². The van der Waals surface area contributed by atoms with E-state index in [1.54, 1.807) is 6.07 Å². The second-order valence-corrected chi connectivity index (χ2v) is 6.76. The zero-order valence-corrected chi connectivity index (χ0v) is 12.3. The molecule has 4 nitrogen and oxygen atoms in total. The Morgan fingerprint density at radius 2 is 2.20 bits per heavy atom. The maximum absolute atomic E-state index is 12.2. The highest BCUT2D eigenvalue weighted by Gasteiger charge is 2.41. The van der Waals surface area contributed by atoms with E-state index in [2.05, 4.69) is 16.9 Å². The number of hydrogen-bond acceptors (Lipinski definition) is 3. The molecule has 0 aromatic heterocycles. The van der Waals surface area contributed by atoms with Gasteiger partial charge in [-0.25, -0.2) is 0 Å². The summed E-state index contributed by atoms with van der Waals surface area (Å²) in [4.78, 5) is 23.5. The lowest BCUT2D eigenvalue weighted by molar-refractivity contribution is -0.116. The number of anilines is 1. The normalized spacial score (nSPS) is 18.9. The minimum Gasteiger partial charge on any atom is -0.351 e. The van der Waals surface area contributed by atoms with Crippen LogP contribution in [0, 0.1) is 0 Å². The van der Waals surface area contributed by atoms with Crippen LogP contribution in [0.1, 0.15) is 35.2 Å². The number of amides is 2. The number of nitrogens with one attached hydrogen (secondary N) is 2. The molecule has 0 unspecified atom stereocenters. The van der Waals surface area contributed by atoms with Gasteiger partial charge in [0, 0.05) is 29.0 Å². The minimum atomic E-state index is -0.0231. The van der Waals surface area contributed by atoms with Crippen molar-refractivity contribution in [1.82, 2.24) is 5.32 Å². The molecule has 1 aliphatic heterocycles. The predicted octanol–water partition coefficient (Wildman–Crippen LogP) is 2.20. The maximum atomic E-state index is 12.2. The summed E-state index contributed by atoms with van der Waals surface area (Å²) in [6.07, 6.45) is 5.67. The van der Waals surface area contributed by atoms with Crippen LogP contribution in [0.5, 0.6) is 0 Å². The van der Waals surface area contributed by atoms with E-state index in [-0.39, 0.29) is 16.6 Å². The van der Waals surface area contributed by atoms with E-state index in [0.717, 1.165) is 17.8 Å². The molecule has 1 fully saturated rings. The fraction of sp³-hybridized carbons (Fsp3) is 0.467. The van der Waals surface area contributed by atoms with Gasteiger partial charge in [-0.1, -0.05) is 0 Å². The molecule has 5 heteroatoms. The largest absolute Gasteiger partial charge is 0.351 e. The fourth-order valence-corrected chi connectivity index (χ4v) is 3.19. The minimum absolute atomic E-state index is 0.0231. The van der Waals surface area contributed by atoms with Crippen molar-refractivity contribution >= 4 is 29.3 Å². The highest BCUT2D eigenvalue weighted by Crippen LogP contribution is 2.46. The number of carbonyl (C=O) groups is 2. The van der Waals surface area contributed by atoms with Gasteiger partial charge in [0.2, 0.25) is 5.91 Å². The molecule has 1 saturated carbocycles. The number of fused-ring (bicyclic) bond motifs is 1. The van der Waals surface area contributed by atoms with Crippen molar-refractivity contribution in [3.63, 3.8) is 0 Å². The van der Waals surface area contributed by atoms with E-state index >= 15 is 0 Å². The number of thioether (sulfide) groups is 1. The van der Waals surface area contributed by atoms with Crippen molar-refractivity contribution in [3.8, 4) is 0 Å². The van der Waals surface area contributed by atoms with Gasteiger partial charge in [0.1, 0.15) is 0 Å². The third-order valence-electron chi connectivity index (χ3n) is 4.07. The summed E-state index contributed by atoms with van der Waals surface area (Å²) >= 11 is 1.84. The quantitative estimate of drug-likeness (QED) is 0.893. The van der Waals surface area contributed by atoms with Gasteiger partial charge in [0.05, 0.1) is 0 Å². The monoisotopic (exact) mass is 290 g/mol. The first-order valence-electron chi connectivity index (χ1n) is 6.88. The molecule has 1 heterocycles. The molecular formula is C15H18N2O2S. The van der Waals surface area contributed by atoms with Crippen LogP contribution in [-0.2, 0) is 11.2 Å². The summed E-state index contributed by atoms with van der Waals surface area (Å²) in [6, 6.07) is 5.49. The van der Waals surface area contributed by atoms with Crippen LogP contribution in [0.4, 0.5) is 5.69 Å². The molecule has 2 N–H and O–H groups in total. The smallest absolute Gasteiger partial charge is 0.251 e. The summed E-state index contributed by atoms with van der Waals surface area (Å²) in [5.74, 6) is 0.0235. The van der Waals surface area contributed by atoms with Gasteiger partial charge in [-0.15, -0.1) is 0 Å². The van der Waals surface area contributed by atoms with Gasteiger partial charge in [0.15, 0.2) is 0 Å². The SMILES string of the molecule is CSC1(CNC(=O)c2ccc3c(c2)CCC(=O)N3)CC1. The first-order chi connectivity index (χ1) is 9.62. The van der Waals surface area contributed by atoms with Crippen LogP contribution in [0.25, 0.3) is 0 Å². The number of rotatable bonds is 4. The Hall–Kier alpha value is -1.49. The highest BCUT2D eigenvalue weighted by atomic mass is 32.2. The van der Waals surface area contributed by atoms with Crippen molar-refractivity contribution in [1.29, 1.82) is 0 Å². The molecule has 1 aromatic carbocycles. The van der Waals surface area contributed by atoms with Crippen molar-refractivity contribution in [2.24, 2.45) is 0 Å². The Morgan fingerprint density at radius 3 is 2.90 bits per heavy atom. The van der Waals surface area contributed by atoms with Gasteiger partial charge in [0.25, 0.3) is 5.91 Å². The summed E-state index contributed by atoms with van der Waals surface area (Å²) in [5.41, 5.74) is 2.56. The van der Waals surface area contributed by atoms with E-state index in [1.165, 1.54) is 12.8 Å². The molecule has 20 heavy (non-hydrogen) atoms. The standard InChI is InChI=1S/C15H18N2O2S/c1-20-15(6-7-15)9-16-14(19)11-2-4-12-10(8-11)3-5-13(18)17-12/h2,4,8H,3,5-7,9H2,1H3,(H,16,19)(H,17,18). The van der Waals surface area contributed by atoms with Crippen LogP contribution in [0.15, 0.2) is 18.2 Å². The van der Waals surface area contributed by atoms with E-state index in [0.29, 0.717) is 18.4 Å². The Morgan fingerprint density at radius 1 is 1.40 bits per heavy atom. The molecule has 1 aromatic rings. The van der Waals surface area contributed by atoms with E-state index < -0.39 is 0 Å². The molecule has 0 radical (unpaired) electrons. The second-order valence-electron chi connectivity index (χ2n) is 5.49. The van der Waals surface area contributed by atoms with Crippen molar-refractivity contribution in [2.45, 2.75) is 30.4 Å². The number of benzene rings is 1. The van der Waals surface area contributed by atoms with E-state index in [4.69, 9.17) is 0 Å². The lowest BCUT2D eigenvalue weighted by Crippen LogP contribution is -2.31. The van der Waals surface area contributed by atoms with Gasteiger partial charge < -0.3 is 10.6 Å². The van der Waals surface area contributed by atoms with Gasteiger partial charge >= 0.3 is 0 Å². The van der Waals surface area contributed by atoms with Crippen LogP contribution >= 0.6 is 11.8 Å². The van der Waals surface area contributed by atoms with Crippen LogP contribution < -0.4 is 10.6 Å². The number of aryl methyl sites for hydroxylation is 1. The summed E-state index contributed by atoms with van der Waals surface area (Å²) in [7, 11) is 0. The Labute approximate surface area is 122 Å². The van der Waals surface area contributed by atoms with Crippen molar-refractivity contribution in [3.05, 3.63) is 29.3 Å². The first-order valence-corrected chi connectivity index (χ1v) is 8.10. The van der Waals surface area contributed by atoms with Gasteiger partial charge in [-0.3, -0.25) is 9.59 Å². The molecule has 0 bridgehead atoms. The maximum Gasteiger partial charge on any atom is 0.251 e. The average molecular weight is 290 g/mol. The zero-order chi connectivity index (χ0) is 14.2. The lowest BCUT2D eigenvalue weighted by Gasteiger charge is -2.18. The van der Waals surface area contributed by atoms with Crippen LogP contribution in [0.3, 0.4) is 0 Å². The zero-order valence-electron chi connectivity index (χ0n) is 11.5. The van der Waals surface area contributed by atoms with Gasteiger partial charge in [-0.05, 0) is 49.3 Å². The number of carbonyl (C=O) groups excluding carboxylic acids is 2. The average Bonchev–Trinajstić information content (AvgIpc) is 3.25. The van der Waals surface area contributed by atoms with Crippen LogP contribution in [-0.4, -0.2) is 29.4 Å². The Kier molecular flexibility index (Phi) is 3.46. The molecule has 2 amide bonds. The molecular weight excluding hydrogens is 272 g/mol. The second kappa shape index (κ2) is 5.13. The highest BCUT2D eigenvalue weighted by molar-refractivity contribution is 8.00. The van der Waals surface area contributed by atoms with Crippen molar-refractivity contribution < 1.29 is 9.59 Å². The third kappa shape index (κ3) is 2.68. The molecule has 0 saturated heterocycles. The summed E-state index contributed by atoms with van der Waals surface area (Å²) < 4.78 is 0.276. The molecule has 0 atom stereocenters. The Balaban J connectivity index is 1.68. The molecule has 3 rings (SSSR count). The van der Waals surface area contributed by atoms with Gasteiger partial charge in [-0.2, -0.15) is 11.8 Å². The predicted molar refractivity (Wildman–Crippen MR) is 81.2 cm³/mol. The summed E-state index contributed by atoms with van der Waals surface area (Å²) in [6.45, 7) is 0.737. The molecule has 0 spiro atoms. The summed E-state index contributed by atoms with van der Waals surface area (Å²) in [5, 5.41) is 5.85. The lowest BCUT2D eigenvalue weighted by atomic mass is 10.00. The molecule has 2 aliphatic rings. The first kappa shape index (κ1) is 13.5. The number of hydrogen-bond donors (Lipinski definition) is 2. The Bertz CT molecular complexity index is 567. The molecule has 106 valence electrons. The molecule has 1 aliphatic carbocycles. The van der Waals surface area contributed by atoms with Crippen molar-refractivity contribution in [2.75, 3.05) is 18.1 Å². The van der Waals surface area contributed by atoms with E-state index in [1.807, 2.05) is 23.9 Å². The fourth-order valence-electron chi connectivity index (χ4n) is 2.46.